The van der Waals surface area contributed by atoms with Gasteiger partial charge in [-0.2, -0.15) is 5.21 Å². The largest absolute Gasteiger partial charge is 0.335 e. The van der Waals surface area contributed by atoms with Crippen molar-refractivity contribution in [2.75, 3.05) is 0 Å². The molecule has 0 bridgehead atoms. The van der Waals surface area contributed by atoms with Gasteiger partial charge in [-0.15, -0.1) is 20.4 Å². The lowest BCUT2D eigenvalue weighted by atomic mass is 10.0. The van der Waals surface area contributed by atoms with Crippen molar-refractivity contribution in [2.45, 2.75) is 46.2 Å². The van der Waals surface area contributed by atoms with Gasteiger partial charge in [0.05, 0.1) is 12.2 Å². The van der Waals surface area contributed by atoms with Crippen LogP contribution in [0.5, 0.6) is 0 Å². The van der Waals surface area contributed by atoms with Crippen LogP contribution in [-0.4, -0.2) is 49.5 Å². The average molecular weight is 471 g/mol. The highest BCUT2D eigenvalue weighted by Gasteiger charge is 2.18. The lowest BCUT2D eigenvalue weighted by molar-refractivity contribution is 0.576. The Morgan fingerprint density at radius 1 is 1.06 bits per heavy atom. The molecule has 0 saturated heterocycles. The maximum absolute atomic E-state index is 13.4. The molecule has 0 spiro atoms. The highest BCUT2D eigenvalue weighted by molar-refractivity contribution is 5.78. The summed E-state index contributed by atoms with van der Waals surface area (Å²) in [5.41, 5.74) is 4.26. The second kappa shape index (κ2) is 9.45. The van der Waals surface area contributed by atoms with E-state index in [2.05, 4.69) is 42.7 Å². The average Bonchev–Trinajstić information content (AvgIpc) is 3.62. The molecule has 0 amide bonds. The molecule has 4 heterocycles. The second-order valence-corrected chi connectivity index (χ2v) is 8.57. The summed E-state index contributed by atoms with van der Waals surface area (Å²) in [5, 5.41) is 22.6. The van der Waals surface area contributed by atoms with E-state index in [0.29, 0.717) is 18.3 Å². The highest BCUT2D eigenvalue weighted by atomic mass is 16.2. The van der Waals surface area contributed by atoms with Gasteiger partial charge in [0, 0.05) is 35.3 Å². The van der Waals surface area contributed by atoms with Crippen molar-refractivity contribution >= 4 is 0 Å². The van der Waals surface area contributed by atoms with Crippen molar-refractivity contribution in [3.05, 3.63) is 76.9 Å². The van der Waals surface area contributed by atoms with E-state index in [9.17, 15) is 4.79 Å². The summed E-state index contributed by atoms with van der Waals surface area (Å²) in [6, 6.07) is 11.9. The Morgan fingerprint density at radius 3 is 2.57 bits per heavy atom. The van der Waals surface area contributed by atoms with Gasteiger partial charge < -0.3 is 0 Å². The van der Waals surface area contributed by atoms with Crippen molar-refractivity contribution in [2.24, 2.45) is 0 Å². The molecule has 5 rings (SSSR count). The van der Waals surface area contributed by atoms with E-state index >= 15 is 0 Å². The van der Waals surface area contributed by atoms with E-state index in [1.165, 1.54) is 0 Å². The van der Waals surface area contributed by atoms with Gasteiger partial charge in [-0.05, 0) is 37.1 Å². The molecule has 0 atom stereocenters. The minimum Gasteiger partial charge on any atom is -0.297 e. The van der Waals surface area contributed by atoms with Gasteiger partial charge in [-0.3, -0.25) is 14.1 Å². The van der Waals surface area contributed by atoms with Crippen molar-refractivity contribution < 1.29 is 0 Å². The first-order valence-electron chi connectivity index (χ1n) is 11.6. The Hall–Kier alpha value is -4.41. The van der Waals surface area contributed by atoms with E-state index in [-0.39, 0.29) is 11.7 Å². The molecule has 1 aromatic carbocycles. The quantitative estimate of drug-likeness (QED) is 0.369. The predicted molar refractivity (Wildman–Crippen MR) is 130 cm³/mol. The van der Waals surface area contributed by atoms with Crippen LogP contribution in [0.2, 0.25) is 0 Å². The van der Waals surface area contributed by atoms with Crippen molar-refractivity contribution in [1.82, 2.24) is 49.5 Å². The maximum Gasteiger partial charge on any atom is 0.335 e. The Labute approximate surface area is 201 Å². The van der Waals surface area contributed by atoms with Crippen LogP contribution in [0.4, 0.5) is 0 Å². The van der Waals surface area contributed by atoms with Gasteiger partial charge in [-0.25, -0.2) is 9.36 Å². The topological polar surface area (TPSA) is 125 Å². The van der Waals surface area contributed by atoms with Crippen LogP contribution in [0.15, 0.2) is 59.9 Å². The molecule has 0 unspecified atom stereocenters. The zero-order valence-corrected chi connectivity index (χ0v) is 19.8. The number of aromatic nitrogens is 10. The molecule has 0 aliphatic carbocycles. The molecule has 0 radical (unpaired) electrons. The molecule has 35 heavy (non-hydrogen) atoms. The molecule has 1 N–H and O–H groups in total. The Balaban J connectivity index is 1.47. The molecular formula is C24H26N10O. The number of nitrogens with one attached hydrogen (secondary N) is 1. The summed E-state index contributed by atoms with van der Waals surface area (Å²) in [7, 11) is 0. The molecule has 178 valence electrons. The zero-order valence-electron chi connectivity index (χ0n) is 19.8. The third-order valence-corrected chi connectivity index (χ3v) is 5.85. The molecule has 0 aliphatic heterocycles. The summed E-state index contributed by atoms with van der Waals surface area (Å²) in [5.74, 6) is 1.03. The van der Waals surface area contributed by atoms with Crippen LogP contribution in [0.3, 0.4) is 0 Å². The standard InChI is InChI=1S/C24H26N10O/c1-4-7-18-14-33(23-29-26-15-34(23)16(2)3)24(35)32(18)13-17-10-11-21(25-12-17)19-8-5-6-9-20(19)22-27-30-31-28-22/h5-6,8-12,14-16H,4,7,13H2,1-3H3,(H,27,28,30,31). The van der Waals surface area contributed by atoms with Crippen LogP contribution < -0.4 is 5.69 Å². The number of tetrazole rings is 1. The van der Waals surface area contributed by atoms with Crippen molar-refractivity contribution in [1.29, 1.82) is 0 Å². The smallest absolute Gasteiger partial charge is 0.297 e. The molecule has 0 saturated carbocycles. The molecule has 11 heteroatoms. The number of rotatable bonds is 8. The first-order valence-corrected chi connectivity index (χ1v) is 11.6. The SMILES string of the molecule is CCCc1cn(-c2nncn2C(C)C)c(=O)n1Cc1ccc(-c2ccccc2-c2nn[nH]n2)nc1. The molecular weight excluding hydrogens is 444 g/mol. The molecule has 5 aromatic rings. The number of pyridine rings is 1. The van der Waals surface area contributed by atoms with Gasteiger partial charge in [0.1, 0.15) is 6.33 Å². The number of benzene rings is 1. The van der Waals surface area contributed by atoms with Gasteiger partial charge >= 0.3 is 5.69 Å². The minimum atomic E-state index is -0.144. The number of nitrogens with zero attached hydrogens (tertiary/aromatic N) is 9. The van der Waals surface area contributed by atoms with E-state index < -0.39 is 0 Å². The van der Waals surface area contributed by atoms with Crippen LogP contribution in [0.25, 0.3) is 28.6 Å². The van der Waals surface area contributed by atoms with Crippen LogP contribution in [0.1, 0.15) is 44.5 Å². The lowest BCUT2D eigenvalue weighted by Gasteiger charge is -2.10. The lowest BCUT2D eigenvalue weighted by Crippen LogP contribution is -2.26. The number of imidazole rings is 1. The summed E-state index contributed by atoms with van der Waals surface area (Å²) < 4.78 is 5.26. The number of hydrogen-bond acceptors (Lipinski definition) is 7. The fourth-order valence-corrected chi connectivity index (χ4v) is 4.11. The Morgan fingerprint density at radius 2 is 1.89 bits per heavy atom. The molecule has 11 nitrogen and oxygen atoms in total. The van der Waals surface area contributed by atoms with E-state index in [0.717, 1.165) is 40.9 Å². The fraction of sp³-hybridized carbons (Fsp3) is 0.292. The van der Waals surface area contributed by atoms with E-state index in [4.69, 9.17) is 0 Å². The van der Waals surface area contributed by atoms with Crippen molar-refractivity contribution in [3.8, 4) is 28.6 Å². The first kappa shape index (κ1) is 22.4. The van der Waals surface area contributed by atoms with Gasteiger partial charge in [0.2, 0.25) is 11.8 Å². The summed E-state index contributed by atoms with van der Waals surface area (Å²) >= 11 is 0. The van der Waals surface area contributed by atoms with E-state index in [1.807, 2.05) is 61.0 Å². The zero-order chi connectivity index (χ0) is 24.4. The summed E-state index contributed by atoms with van der Waals surface area (Å²) in [4.78, 5) is 18.1. The minimum absolute atomic E-state index is 0.136. The predicted octanol–water partition coefficient (Wildman–Crippen LogP) is 3.05. The van der Waals surface area contributed by atoms with Crippen molar-refractivity contribution in [3.63, 3.8) is 0 Å². The highest BCUT2D eigenvalue weighted by Crippen LogP contribution is 2.28. The van der Waals surface area contributed by atoms with Crippen LogP contribution in [-0.2, 0) is 13.0 Å². The monoisotopic (exact) mass is 470 g/mol. The number of aromatic amines is 1. The van der Waals surface area contributed by atoms with E-state index in [1.54, 1.807) is 21.7 Å². The first-order chi connectivity index (χ1) is 17.1. The Kier molecular flexibility index (Phi) is 6.04. The molecule has 0 fully saturated rings. The number of aryl methyl sites for hydroxylation is 1. The third-order valence-electron chi connectivity index (χ3n) is 5.85. The fourth-order valence-electron chi connectivity index (χ4n) is 4.11. The number of H-pyrrole nitrogens is 1. The third kappa shape index (κ3) is 4.27. The van der Waals surface area contributed by atoms with Gasteiger partial charge in [0.25, 0.3) is 0 Å². The van der Waals surface area contributed by atoms with Crippen LogP contribution in [0, 0.1) is 0 Å². The Bertz CT molecular complexity index is 1480. The molecule has 0 aliphatic rings. The summed E-state index contributed by atoms with van der Waals surface area (Å²) in [6.07, 6.45) is 7.03. The maximum atomic E-state index is 13.4. The van der Waals surface area contributed by atoms with Gasteiger partial charge in [0.15, 0.2) is 0 Å². The molecule has 4 aromatic heterocycles. The number of hydrogen-bond donors (Lipinski definition) is 1. The van der Waals surface area contributed by atoms with Gasteiger partial charge in [-0.1, -0.05) is 43.7 Å². The summed E-state index contributed by atoms with van der Waals surface area (Å²) in [6.45, 7) is 6.58. The second-order valence-electron chi connectivity index (χ2n) is 8.57. The van der Waals surface area contributed by atoms with Crippen LogP contribution >= 0.6 is 0 Å². The normalized spacial score (nSPS) is 11.4.